The van der Waals surface area contributed by atoms with E-state index < -0.39 is 0 Å². The summed E-state index contributed by atoms with van der Waals surface area (Å²) in [4.78, 5) is 4.23. The second kappa shape index (κ2) is 7.06. The van der Waals surface area contributed by atoms with E-state index in [0.717, 1.165) is 31.7 Å². The van der Waals surface area contributed by atoms with Gasteiger partial charge in [0, 0.05) is 18.3 Å². The Labute approximate surface area is 134 Å². The fraction of sp³-hybridized carbons (Fsp3) is 0.214. The SMILES string of the molecule is COc1cc(Br)c(OCc2cccnc2CN)cc1Br. The molecule has 2 rings (SSSR count). The van der Waals surface area contributed by atoms with Crippen LogP contribution < -0.4 is 15.2 Å². The number of pyridine rings is 1. The van der Waals surface area contributed by atoms with Crippen molar-refractivity contribution in [2.45, 2.75) is 13.2 Å². The molecule has 6 heteroatoms. The van der Waals surface area contributed by atoms with Gasteiger partial charge in [-0.05, 0) is 50.1 Å². The van der Waals surface area contributed by atoms with E-state index in [2.05, 4.69) is 36.8 Å². The molecule has 1 heterocycles. The quantitative estimate of drug-likeness (QED) is 0.830. The minimum absolute atomic E-state index is 0.396. The summed E-state index contributed by atoms with van der Waals surface area (Å²) in [5, 5.41) is 0. The fourth-order valence-corrected chi connectivity index (χ4v) is 2.64. The molecule has 0 saturated carbocycles. The van der Waals surface area contributed by atoms with Crippen molar-refractivity contribution in [2.75, 3.05) is 7.11 Å². The highest BCUT2D eigenvalue weighted by molar-refractivity contribution is 9.11. The van der Waals surface area contributed by atoms with Crippen LogP contribution >= 0.6 is 31.9 Å². The topological polar surface area (TPSA) is 57.4 Å². The number of halogens is 2. The largest absolute Gasteiger partial charge is 0.496 e. The summed E-state index contributed by atoms with van der Waals surface area (Å²) in [6.45, 7) is 0.810. The summed E-state index contributed by atoms with van der Waals surface area (Å²) in [5.41, 5.74) is 7.48. The molecule has 0 aliphatic rings. The number of rotatable bonds is 5. The normalized spacial score (nSPS) is 10.4. The second-order valence-electron chi connectivity index (χ2n) is 4.02. The Morgan fingerprint density at radius 1 is 1.20 bits per heavy atom. The summed E-state index contributed by atoms with van der Waals surface area (Å²) in [6.07, 6.45) is 1.73. The van der Waals surface area contributed by atoms with E-state index in [-0.39, 0.29) is 0 Å². The van der Waals surface area contributed by atoms with Crippen LogP contribution in [0.2, 0.25) is 0 Å². The predicted molar refractivity (Wildman–Crippen MR) is 84.9 cm³/mol. The summed E-state index contributed by atoms with van der Waals surface area (Å²) >= 11 is 6.90. The summed E-state index contributed by atoms with van der Waals surface area (Å²) in [5.74, 6) is 1.47. The number of hydrogen-bond donors (Lipinski definition) is 1. The molecule has 0 aliphatic heterocycles. The van der Waals surface area contributed by atoms with Crippen molar-refractivity contribution in [2.24, 2.45) is 5.73 Å². The molecule has 0 radical (unpaired) electrons. The van der Waals surface area contributed by atoms with Gasteiger partial charge in [0.1, 0.15) is 18.1 Å². The lowest BCUT2D eigenvalue weighted by Gasteiger charge is -2.12. The van der Waals surface area contributed by atoms with Gasteiger partial charge in [0.25, 0.3) is 0 Å². The second-order valence-corrected chi connectivity index (χ2v) is 5.73. The lowest BCUT2D eigenvalue weighted by molar-refractivity contribution is 0.301. The maximum Gasteiger partial charge on any atom is 0.135 e. The van der Waals surface area contributed by atoms with Gasteiger partial charge in [-0.1, -0.05) is 6.07 Å². The van der Waals surface area contributed by atoms with Crippen LogP contribution in [-0.4, -0.2) is 12.1 Å². The first kappa shape index (κ1) is 15.3. The molecule has 0 fully saturated rings. The van der Waals surface area contributed by atoms with Crippen molar-refractivity contribution in [1.29, 1.82) is 0 Å². The van der Waals surface area contributed by atoms with Gasteiger partial charge in [0.05, 0.1) is 21.7 Å². The van der Waals surface area contributed by atoms with Crippen molar-refractivity contribution in [3.05, 3.63) is 50.7 Å². The molecule has 0 saturated heterocycles. The van der Waals surface area contributed by atoms with Crippen molar-refractivity contribution in [3.8, 4) is 11.5 Å². The number of ether oxygens (including phenoxy) is 2. The van der Waals surface area contributed by atoms with Crippen molar-refractivity contribution < 1.29 is 9.47 Å². The average Bonchev–Trinajstić information content (AvgIpc) is 2.48. The van der Waals surface area contributed by atoms with Gasteiger partial charge < -0.3 is 15.2 Å². The molecule has 0 aliphatic carbocycles. The minimum Gasteiger partial charge on any atom is -0.496 e. The highest BCUT2D eigenvalue weighted by Crippen LogP contribution is 2.36. The minimum atomic E-state index is 0.396. The first-order chi connectivity index (χ1) is 9.65. The van der Waals surface area contributed by atoms with Gasteiger partial charge in [-0.3, -0.25) is 4.98 Å². The van der Waals surface area contributed by atoms with E-state index in [1.54, 1.807) is 13.3 Å². The molecule has 1 aromatic carbocycles. The van der Waals surface area contributed by atoms with E-state index in [4.69, 9.17) is 15.2 Å². The van der Waals surface area contributed by atoms with Crippen LogP contribution in [0.15, 0.2) is 39.4 Å². The van der Waals surface area contributed by atoms with E-state index in [0.29, 0.717) is 13.2 Å². The Morgan fingerprint density at radius 3 is 2.60 bits per heavy atom. The Morgan fingerprint density at radius 2 is 1.90 bits per heavy atom. The fourth-order valence-electron chi connectivity index (χ4n) is 1.72. The van der Waals surface area contributed by atoms with Crippen molar-refractivity contribution in [1.82, 2.24) is 4.98 Å². The first-order valence-electron chi connectivity index (χ1n) is 5.94. The van der Waals surface area contributed by atoms with E-state index in [1.807, 2.05) is 24.3 Å². The molecule has 0 amide bonds. The molecule has 1 aromatic heterocycles. The number of methoxy groups -OCH3 is 1. The summed E-state index contributed by atoms with van der Waals surface area (Å²) < 4.78 is 12.7. The van der Waals surface area contributed by atoms with Crippen LogP contribution in [0.1, 0.15) is 11.3 Å². The van der Waals surface area contributed by atoms with Crippen molar-refractivity contribution >= 4 is 31.9 Å². The maximum absolute atomic E-state index is 5.82. The Balaban J connectivity index is 2.17. The molecular weight excluding hydrogens is 388 g/mol. The Kier molecular flexibility index (Phi) is 5.39. The first-order valence-corrected chi connectivity index (χ1v) is 7.53. The predicted octanol–water partition coefficient (Wildman–Crippen LogP) is 3.65. The molecule has 4 nitrogen and oxygen atoms in total. The van der Waals surface area contributed by atoms with E-state index in [9.17, 15) is 0 Å². The van der Waals surface area contributed by atoms with Gasteiger partial charge in [-0.15, -0.1) is 0 Å². The van der Waals surface area contributed by atoms with Gasteiger partial charge in [0.15, 0.2) is 0 Å². The van der Waals surface area contributed by atoms with Crippen LogP contribution in [0.3, 0.4) is 0 Å². The monoisotopic (exact) mass is 400 g/mol. The summed E-state index contributed by atoms with van der Waals surface area (Å²) in [6, 6.07) is 7.55. The molecule has 2 aromatic rings. The smallest absolute Gasteiger partial charge is 0.135 e. The molecule has 106 valence electrons. The van der Waals surface area contributed by atoms with Crippen LogP contribution in [0.25, 0.3) is 0 Å². The molecule has 0 unspecified atom stereocenters. The number of hydrogen-bond acceptors (Lipinski definition) is 4. The average molecular weight is 402 g/mol. The van der Waals surface area contributed by atoms with Crippen molar-refractivity contribution in [3.63, 3.8) is 0 Å². The van der Waals surface area contributed by atoms with Crippen LogP contribution in [0.4, 0.5) is 0 Å². The van der Waals surface area contributed by atoms with Crippen LogP contribution in [-0.2, 0) is 13.2 Å². The lowest BCUT2D eigenvalue weighted by Crippen LogP contribution is -2.07. The summed E-state index contributed by atoms with van der Waals surface area (Å²) in [7, 11) is 1.62. The highest BCUT2D eigenvalue weighted by Gasteiger charge is 2.09. The van der Waals surface area contributed by atoms with Gasteiger partial charge >= 0.3 is 0 Å². The third-order valence-electron chi connectivity index (χ3n) is 2.77. The molecule has 2 N–H and O–H groups in total. The maximum atomic E-state index is 5.82. The third kappa shape index (κ3) is 3.50. The number of nitrogens with two attached hydrogens (primary N) is 1. The molecule has 0 bridgehead atoms. The van der Waals surface area contributed by atoms with E-state index in [1.165, 1.54) is 0 Å². The number of aromatic nitrogens is 1. The van der Waals surface area contributed by atoms with Gasteiger partial charge in [-0.25, -0.2) is 0 Å². The number of benzene rings is 1. The zero-order valence-electron chi connectivity index (χ0n) is 10.9. The highest BCUT2D eigenvalue weighted by atomic mass is 79.9. The zero-order chi connectivity index (χ0) is 14.5. The Hall–Kier alpha value is -1.11. The molecule has 0 atom stereocenters. The third-order valence-corrected chi connectivity index (χ3v) is 4.01. The lowest BCUT2D eigenvalue weighted by atomic mass is 10.2. The molecule has 0 spiro atoms. The molecule has 20 heavy (non-hydrogen) atoms. The zero-order valence-corrected chi connectivity index (χ0v) is 14.1. The standard InChI is InChI=1S/C14H14Br2N2O2/c1-19-13-5-11(16)14(6-10(13)15)20-8-9-3-2-4-18-12(9)7-17/h2-6H,7-8,17H2,1H3. The van der Waals surface area contributed by atoms with Gasteiger partial charge in [0.2, 0.25) is 0 Å². The van der Waals surface area contributed by atoms with Crippen LogP contribution in [0.5, 0.6) is 11.5 Å². The van der Waals surface area contributed by atoms with Gasteiger partial charge in [-0.2, -0.15) is 0 Å². The molecular formula is C14H14Br2N2O2. The Bertz CT molecular complexity index is 606. The van der Waals surface area contributed by atoms with E-state index >= 15 is 0 Å². The van der Waals surface area contributed by atoms with Crippen LogP contribution in [0, 0.1) is 0 Å². The number of nitrogens with zero attached hydrogens (tertiary/aromatic N) is 1.